The van der Waals surface area contributed by atoms with Crippen molar-refractivity contribution in [2.24, 2.45) is 4.99 Å². The summed E-state index contributed by atoms with van der Waals surface area (Å²) in [6.07, 6.45) is 7.07. The third kappa shape index (κ3) is 5.59. The minimum absolute atomic E-state index is 0.924. The Morgan fingerprint density at radius 3 is 2.58 bits per heavy atom. The molecular weight excluding hydrogens is 324 g/mol. The molecule has 3 heterocycles. The van der Waals surface area contributed by atoms with E-state index in [2.05, 4.69) is 44.1 Å². The zero-order valence-corrected chi connectivity index (χ0v) is 16.2. The molecular formula is C20H34N6. The van der Waals surface area contributed by atoms with Gasteiger partial charge in [0.1, 0.15) is 5.82 Å². The molecule has 6 heteroatoms. The molecule has 1 aromatic heterocycles. The third-order valence-corrected chi connectivity index (χ3v) is 5.23. The summed E-state index contributed by atoms with van der Waals surface area (Å²) in [5.74, 6) is 2.16. The van der Waals surface area contributed by atoms with Crippen molar-refractivity contribution in [3.8, 4) is 0 Å². The smallest absolute Gasteiger partial charge is 0.194 e. The van der Waals surface area contributed by atoms with Gasteiger partial charge in [0.05, 0.1) is 0 Å². The van der Waals surface area contributed by atoms with Gasteiger partial charge in [0.25, 0.3) is 0 Å². The molecule has 0 spiro atoms. The molecule has 2 saturated heterocycles. The molecule has 26 heavy (non-hydrogen) atoms. The summed E-state index contributed by atoms with van der Waals surface area (Å²) in [5.41, 5.74) is 0. The Balaban J connectivity index is 1.42. The van der Waals surface area contributed by atoms with Gasteiger partial charge in [0.15, 0.2) is 5.96 Å². The fraction of sp³-hybridized carbons (Fsp3) is 0.700. The molecule has 1 aromatic rings. The monoisotopic (exact) mass is 358 g/mol. The summed E-state index contributed by atoms with van der Waals surface area (Å²) in [7, 11) is 0. The molecule has 0 aliphatic carbocycles. The zero-order valence-electron chi connectivity index (χ0n) is 16.2. The first kappa shape index (κ1) is 19.0. The highest BCUT2D eigenvalue weighted by Crippen LogP contribution is 2.13. The van der Waals surface area contributed by atoms with Crippen LogP contribution in [0.15, 0.2) is 29.4 Å². The van der Waals surface area contributed by atoms with Crippen LogP contribution in [0.5, 0.6) is 0 Å². The van der Waals surface area contributed by atoms with Crippen molar-refractivity contribution in [3.63, 3.8) is 0 Å². The molecule has 1 N–H and O–H groups in total. The van der Waals surface area contributed by atoms with Crippen LogP contribution < -0.4 is 10.2 Å². The number of aromatic nitrogens is 1. The predicted molar refractivity (Wildman–Crippen MR) is 109 cm³/mol. The van der Waals surface area contributed by atoms with Crippen LogP contribution in [0.4, 0.5) is 5.82 Å². The fourth-order valence-electron chi connectivity index (χ4n) is 3.75. The second-order valence-corrected chi connectivity index (χ2v) is 7.15. The molecule has 144 valence electrons. The first-order valence-electron chi connectivity index (χ1n) is 10.3. The third-order valence-electron chi connectivity index (χ3n) is 5.23. The highest BCUT2D eigenvalue weighted by molar-refractivity contribution is 5.80. The van der Waals surface area contributed by atoms with E-state index in [0.29, 0.717) is 0 Å². The topological polar surface area (TPSA) is 47.0 Å². The number of anilines is 1. The second-order valence-electron chi connectivity index (χ2n) is 7.15. The van der Waals surface area contributed by atoms with Crippen molar-refractivity contribution in [1.29, 1.82) is 0 Å². The molecule has 0 aromatic carbocycles. The molecule has 3 rings (SSSR count). The summed E-state index contributed by atoms with van der Waals surface area (Å²) in [4.78, 5) is 16.7. The summed E-state index contributed by atoms with van der Waals surface area (Å²) in [6.45, 7) is 11.8. The molecule has 0 saturated carbocycles. The van der Waals surface area contributed by atoms with E-state index in [1.807, 2.05) is 12.3 Å². The Kier molecular flexibility index (Phi) is 7.55. The van der Waals surface area contributed by atoms with Gasteiger partial charge in [0, 0.05) is 45.5 Å². The summed E-state index contributed by atoms with van der Waals surface area (Å²) >= 11 is 0. The van der Waals surface area contributed by atoms with Crippen molar-refractivity contribution in [2.75, 3.05) is 63.8 Å². The number of likely N-dealkylation sites (tertiary alicyclic amines) is 1. The molecule has 2 fully saturated rings. The number of unbranched alkanes of at least 4 members (excludes halogenated alkanes) is 1. The molecule has 6 nitrogen and oxygen atoms in total. The molecule has 2 aliphatic heterocycles. The number of nitrogens with one attached hydrogen (secondary N) is 1. The molecule has 0 radical (unpaired) electrons. The van der Waals surface area contributed by atoms with Gasteiger partial charge < -0.3 is 20.0 Å². The Bertz CT molecular complexity index is 532. The van der Waals surface area contributed by atoms with Crippen LogP contribution in [0.3, 0.4) is 0 Å². The van der Waals surface area contributed by atoms with Gasteiger partial charge in [0.2, 0.25) is 0 Å². The first-order chi connectivity index (χ1) is 12.9. The molecule has 0 unspecified atom stereocenters. The lowest BCUT2D eigenvalue weighted by Gasteiger charge is -2.37. The summed E-state index contributed by atoms with van der Waals surface area (Å²) < 4.78 is 0. The zero-order chi connectivity index (χ0) is 18.0. The minimum Gasteiger partial charge on any atom is -0.357 e. The van der Waals surface area contributed by atoms with E-state index < -0.39 is 0 Å². The first-order valence-corrected chi connectivity index (χ1v) is 10.3. The van der Waals surface area contributed by atoms with Crippen LogP contribution in [0.1, 0.15) is 32.6 Å². The Labute approximate surface area is 158 Å². The van der Waals surface area contributed by atoms with Gasteiger partial charge in [-0.05, 0) is 64.4 Å². The van der Waals surface area contributed by atoms with Gasteiger partial charge in [-0.15, -0.1) is 0 Å². The van der Waals surface area contributed by atoms with Crippen molar-refractivity contribution in [1.82, 2.24) is 20.1 Å². The average Bonchev–Trinajstić information content (AvgIpc) is 3.21. The maximum atomic E-state index is 4.88. The highest BCUT2D eigenvalue weighted by Gasteiger charge is 2.20. The van der Waals surface area contributed by atoms with E-state index in [-0.39, 0.29) is 0 Å². The van der Waals surface area contributed by atoms with E-state index in [1.54, 1.807) is 0 Å². The molecule has 0 atom stereocenters. The summed E-state index contributed by atoms with van der Waals surface area (Å²) in [5, 5.41) is 3.47. The van der Waals surface area contributed by atoms with E-state index in [0.717, 1.165) is 51.0 Å². The Morgan fingerprint density at radius 1 is 1.08 bits per heavy atom. The van der Waals surface area contributed by atoms with E-state index in [1.165, 1.54) is 45.3 Å². The Hall–Kier alpha value is -1.82. The van der Waals surface area contributed by atoms with Gasteiger partial charge in [-0.2, -0.15) is 0 Å². The lowest BCUT2D eigenvalue weighted by molar-refractivity contribution is 0.330. The van der Waals surface area contributed by atoms with E-state index >= 15 is 0 Å². The standard InChI is InChI=1S/C20H34N6/c1-2-21-20(23-11-5-6-12-24-13-7-8-14-24)26-17-15-25(16-18-26)19-9-3-4-10-22-19/h3-4,9-10H,2,5-8,11-18H2,1H3,(H,21,23). The Morgan fingerprint density at radius 2 is 1.88 bits per heavy atom. The normalized spacial score (nSPS) is 19.2. The number of piperazine rings is 1. The quantitative estimate of drug-likeness (QED) is 0.459. The van der Waals surface area contributed by atoms with Crippen molar-refractivity contribution in [2.45, 2.75) is 32.6 Å². The number of nitrogens with zero attached hydrogens (tertiary/aromatic N) is 5. The molecule has 0 amide bonds. The van der Waals surface area contributed by atoms with Gasteiger partial charge in [-0.3, -0.25) is 4.99 Å². The van der Waals surface area contributed by atoms with E-state index in [4.69, 9.17) is 4.99 Å². The maximum absolute atomic E-state index is 4.88. The number of hydrogen-bond acceptors (Lipinski definition) is 4. The number of pyridine rings is 1. The van der Waals surface area contributed by atoms with Crippen LogP contribution in [0.25, 0.3) is 0 Å². The lowest BCUT2D eigenvalue weighted by atomic mass is 10.3. The number of rotatable bonds is 7. The van der Waals surface area contributed by atoms with Crippen LogP contribution in [-0.2, 0) is 0 Å². The van der Waals surface area contributed by atoms with Gasteiger partial charge >= 0.3 is 0 Å². The molecule has 2 aliphatic rings. The van der Waals surface area contributed by atoms with Gasteiger partial charge in [-0.1, -0.05) is 6.07 Å². The minimum atomic E-state index is 0.924. The largest absolute Gasteiger partial charge is 0.357 e. The van der Waals surface area contributed by atoms with Crippen LogP contribution in [-0.4, -0.2) is 79.6 Å². The van der Waals surface area contributed by atoms with Crippen LogP contribution in [0.2, 0.25) is 0 Å². The maximum Gasteiger partial charge on any atom is 0.194 e. The van der Waals surface area contributed by atoms with Crippen LogP contribution >= 0.6 is 0 Å². The highest BCUT2D eigenvalue weighted by atomic mass is 15.4. The van der Waals surface area contributed by atoms with Crippen molar-refractivity contribution in [3.05, 3.63) is 24.4 Å². The second kappa shape index (κ2) is 10.4. The predicted octanol–water partition coefficient (Wildman–Crippen LogP) is 2.05. The van der Waals surface area contributed by atoms with E-state index in [9.17, 15) is 0 Å². The lowest BCUT2D eigenvalue weighted by Crippen LogP contribution is -2.52. The van der Waals surface area contributed by atoms with Crippen molar-refractivity contribution < 1.29 is 0 Å². The average molecular weight is 359 g/mol. The number of guanidine groups is 1. The fourth-order valence-corrected chi connectivity index (χ4v) is 3.75. The van der Waals surface area contributed by atoms with Crippen molar-refractivity contribution >= 4 is 11.8 Å². The number of hydrogen-bond donors (Lipinski definition) is 1. The SMILES string of the molecule is CCNC(=NCCCCN1CCCC1)N1CCN(c2ccccn2)CC1. The number of aliphatic imine (C=N–C) groups is 1. The summed E-state index contributed by atoms with van der Waals surface area (Å²) in [6, 6.07) is 6.12. The van der Waals surface area contributed by atoms with Crippen LogP contribution in [0, 0.1) is 0 Å². The molecule has 0 bridgehead atoms. The van der Waals surface area contributed by atoms with Gasteiger partial charge in [-0.25, -0.2) is 4.98 Å².